The molecule has 1 saturated heterocycles. The zero-order chi connectivity index (χ0) is 30.0. The zero-order valence-corrected chi connectivity index (χ0v) is 25.2. The van der Waals surface area contributed by atoms with Crippen LogP contribution >= 0.6 is 0 Å². The molecule has 8 nitrogen and oxygen atoms in total. The number of carbonyl (C=O) groups is 3. The number of methoxy groups -OCH3 is 2. The lowest BCUT2D eigenvalue weighted by atomic mass is 9.85. The first-order chi connectivity index (χ1) is 19.3. The molecule has 0 radical (unpaired) electrons. The monoisotopic (exact) mass is 562 g/mol. The van der Waals surface area contributed by atoms with Gasteiger partial charge in [-0.2, -0.15) is 0 Å². The van der Waals surface area contributed by atoms with E-state index in [1.807, 2.05) is 71.0 Å². The van der Waals surface area contributed by atoms with Crippen molar-refractivity contribution < 1.29 is 28.6 Å². The van der Waals surface area contributed by atoms with Crippen LogP contribution in [0, 0.1) is 10.8 Å². The van der Waals surface area contributed by atoms with Crippen molar-refractivity contribution in [3.05, 3.63) is 65.7 Å². The molecule has 220 valence electrons. The molecular formula is C33H42N2O6. The second kappa shape index (κ2) is 11.7. The molecule has 0 aliphatic carbocycles. The Balaban J connectivity index is 1.83. The fraction of sp³-hybridized carbons (Fsp3) is 0.485. The first-order valence-electron chi connectivity index (χ1n) is 14.0. The van der Waals surface area contributed by atoms with Crippen LogP contribution in [0.1, 0.15) is 58.6 Å². The summed E-state index contributed by atoms with van der Waals surface area (Å²) in [7, 11) is 2.89. The molecule has 41 heavy (non-hydrogen) atoms. The standard InChI is InChI=1S/C33H42N2O6/c1-31(2,3)27-28(36)35-20-33(40-7,19-26(35)29(37)39-6)24-16-14-23(15-17-24)25-13-9-8-11-22(25)12-10-18-32(4,5)21-41-30(38)34-27/h8-17,26-27H,18-21H2,1-7H3,(H,34,38)/b12-10+/t26-,27+,33-/m0/s1. The number of benzene rings is 2. The Labute approximate surface area is 243 Å². The highest BCUT2D eigenvalue weighted by atomic mass is 16.5. The molecule has 2 amide bonds. The number of nitrogens with zero attached hydrogens (tertiary/aromatic N) is 1. The topological polar surface area (TPSA) is 94.2 Å². The molecule has 3 aliphatic heterocycles. The minimum Gasteiger partial charge on any atom is -0.467 e. The van der Waals surface area contributed by atoms with Crippen molar-refractivity contribution in [1.29, 1.82) is 0 Å². The molecule has 3 atom stereocenters. The van der Waals surface area contributed by atoms with Crippen LogP contribution in [0.5, 0.6) is 0 Å². The van der Waals surface area contributed by atoms with E-state index in [1.54, 1.807) is 7.11 Å². The average molecular weight is 563 g/mol. The quantitative estimate of drug-likeness (QED) is 0.482. The van der Waals surface area contributed by atoms with Gasteiger partial charge in [-0.25, -0.2) is 9.59 Å². The Hall–Kier alpha value is -3.65. The fourth-order valence-electron chi connectivity index (χ4n) is 5.58. The van der Waals surface area contributed by atoms with E-state index >= 15 is 0 Å². The normalized spacial score (nSPS) is 25.7. The van der Waals surface area contributed by atoms with Crippen LogP contribution in [0.25, 0.3) is 17.2 Å². The molecule has 1 N–H and O–H groups in total. The van der Waals surface area contributed by atoms with Gasteiger partial charge in [0, 0.05) is 18.9 Å². The Morgan fingerprint density at radius 2 is 1.73 bits per heavy atom. The van der Waals surface area contributed by atoms with Crippen LogP contribution in [0.3, 0.4) is 0 Å². The predicted molar refractivity (Wildman–Crippen MR) is 158 cm³/mol. The minimum atomic E-state index is -0.947. The van der Waals surface area contributed by atoms with Crippen molar-refractivity contribution in [1.82, 2.24) is 10.2 Å². The Morgan fingerprint density at radius 3 is 2.37 bits per heavy atom. The van der Waals surface area contributed by atoms with Crippen molar-refractivity contribution in [3.8, 4) is 11.1 Å². The number of esters is 1. The van der Waals surface area contributed by atoms with Crippen LogP contribution in [-0.2, 0) is 29.4 Å². The lowest BCUT2D eigenvalue weighted by Crippen LogP contribution is -2.57. The Morgan fingerprint density at radius 1 is 1.05 bits per heavy atom. The van der Waals surface area contributed by atoms with Crippen molar-refractivity contribution >= 4 is 24.0 Å². The molecule has 4 bridgehead atoms. The summed E-state index contributed by atoms with van der Waals surface area (Å²) in [6.07, 6.45) is 4.42. The van der Waals surface area contributed by atoms with Crippen LogP contribution in [-0.4, -0.2) is 62.3 Å². The highest BCUT2D eigenvalue weighted by molar-refractivity contribution is 5.91. The summed E-state index contributed by atoms with van der Waals surface area (Å²) >= 11 is 0. The molecule has 8 heteroatoms. The molecule has 1 fully saturated rings. The number of fused-ring (bicyclic) bond motifs is 10. The summed E-state index contributed by atoms with van der Waals surface area (Å²) in [6.45, 7) is 9.94. The lowest BCUT2D eigenvalue weighted by Gasteiger charge is -2.35. The first-order valence-corrected chi connectivity index (χ1v) is 14.0. The van der Waals surface area contributed by atoms with Crippen molar-refractivity contribution in [2.45, 2.75) is 65.1 Å². The predicted octanol–water partition coefficient (Wildman–Crippen LogP) is 5.55. The van der Waals surface area contributed by atoms with Gasteiger partial charge in [0.1, 0.15) is 17.7 Å². The summed E-state index contributed by atoms with van der Waals surface area (Å²) in [6, 6.07) is 14.4. The number of carbonyl (C=O) groups excluding carboxylic acids is 3. The highest BCUT2D eigenvalue weighted by Crippen LogP contribution is 2.41. The summed E-state index contributed by atoms with van der Waals surface area (Å²) in [4.78, 5) is 41.6. The number of alkyl carbamates (subject to hydrolysis) is 1. The first kappa shape index (κ1) is 30.3. The van der Waals surface area contributed by atoms with E-state index in [9.17, 15) is 14.4 Å². The number of allylic oxidation sites excluding steroid dienone is 1. The summed E-state index contributed by atoms with van der Waals surface area (Å²) < 4.78 is 16.8. The van der Waals surface area contributed by atoms with E-state index in [2.05, 4.69) is 29.6 Å². The van der Waals surface area contributed by atoms with Gasteiger partial charge in [-0.3, -0.25) is 4.79 Å². The van der Waals surface area contributed by atoms with Crippen LogP contribution in [0.2, 0.25) is 0 Å². The van der Waals surface area contributed by atoms with Gasteiger partial charge in [0.25, 0.3) is 0 Å². The number of rotatable bonds is 2. The van der Waals surface area contributed by atoms with E-state index in [0.29, 0.717) is 6.42 Å². The molecule has 3 aliphatic rings. The lowest BCUT2D eigenvalue weighted by molar-refractivity contribution is -0.152. The van der Waals surface area contributed by atoms with Crippen LogP contribution < -0.4 is 5.32 Å². The number of hydrogen-bond acceptors (Lipinski definition) is 6. The van der Waals surface area contributed by atoms with Gasteiger partial charge in [-0.15, -0.1) is 0 Å². The summed E-state index contributed by atoms with van der Waals surface area (Å²) in [5.74, 6) is -0.928. The molecule has 0 spiro atoms. The molecule has 0 saturated carbocycles. The SMILES string of the molecule is COC(=O)[C@@H]1C[C@]2(OC)CN1C(=O)[C@H](C(C)(C)C)NC(=O)OCC(C)(C)C/C=C/c1ccccc1-c1ccc2cc1. The van der Waals surface area contributed by atoms with Crippen LogP contribution in [0.15, 0.2) is 54.6 Å². The Kier molecular flexibility index (Phi) is 8.64. The largest absolute Gasteiger partial charge is 0.467 e. The second-order valence-electron chi connectivity index (χ2n) is 12.9. The molecule has 0 unspecified atom stereocenters. The maximum absolute atomic E-state index is 14.1. The number of ether oxygens (including phenoxy) is 3. The summed E-state index contributed by atoms with van der Waals surface area (Å²) in [5, 5.41) is 2.79. The van der Waals surface area contributed by atoms with Crippen LogP contribution in [0.4, 0.5) is 4.79 Å². The molecule has 3 heterocycles. The maximum Gasteiger partial charge on any atom is 0.407 e. The molecule has 2 aromatic carbocycles. The number of nitrogens with one attached hydrogen (secondary N) is 1. The third-order valence-corrected chi connectivity index (χ3v) is 8.09. The van der Waals surface area contributed by atoms with Gasteiger partial charge in [0.15, 0.2) is 0 Å². The third-order valence-electron chi connectivity index (χ3n) is 8.09. The maximum atomic E-state index is 14.1. The molecular weight excluding hydrogens is 520 g/mol. The summed E-state index contributed by atoms with van der Waals surface area (Å²) in [5.41, 5.74) is 2.10. The van der Waals surface area contributed by atoms with Gasteiger partial charge < -0.3 is 24.4 Å². The van der Waals surface area contributed by atoms with Gasteiger partial charge in [0.05, 0.1) is 20.3 Å². The zero-order valence-electron chi connectivity index (χ0n) is 25.2. The number of amides is 2. The fourth-order valence-corrected chi connectivity index (χ4v) is 5.58. The average Bonchev–Trinajstić information content (AvgIpc) is 3.35. The van der Waals surface area contributed by atoms with E-state index in [4.69, 9.17) is 14.2 Å². The minimum absolute atomic E-state index is 0.122. The molecule has 5 rings (SSSR count). The second-order valence-corrected chi connectivity index (χ2v) is 12.9. The molecule has 0 aromatic heterocycles. The van der Waals surface area contributed by atoms with Crippen molar-refractivity contribution in [2.24, 2.45) is 10.8 Å². The van der Waals surface area contributed by atoms with E-state index in [0.717, 1.165) is 22.3 Å². The smallest absolute Gasteiger partial charge is 0.407 e. The number of hydrogen-bond donors (Lipinski definition) is 1. The Bertz CT molecular complexity index is 1310. The van der Waals surface area contributed by atoms with Crippen molar-refractivity contribution in [3.63, 3.8) is 0 Å². The third kappa shape index (κ3) is 6.48. The van der Waals surface area contributed by atoms with Gasteiger partial charge in [-0.05, 0) is 34.1 Å². The van der Waals surface area contributed by atoms with Gasteiger partial charge >= 0.3 is 12.1 Å². The van der Waals surface area contributed by atoms with Crippen molar-refractivity contribution in [2.75, 3.05) is 27.4 Å². The van der Waals surface area contributed by atoms with E-state index < -0.39 is 41.1 Å². The van der Waals surface area contributed by atoms with Gasteiger partial charge in [-0.1, -0.05) is 95.3 Å². The molecule has 2 aromatic rings. The highest BCUT2D eigenvalue weighted by Gasteiger charge is 2.53. The van der Waals surface area contributed by atoms with E-state index in [-0.39, 0.29) is 25.0 Å². The van der Waals surface area contributed by atoms with E-state index in [1.165, 1.54) is 12.0 Å². The van der Waals surface area contributed by atoms with Gasteiger partial charge in [0.2, 0.25) is 5.91 Å².